The Hall–Kier alpha value is -1.84. The van der Waals surface area contributed by atoms with E-state index >= 15 is 0 Å². The summed E-state index contributed by atoms with van der Waals surface area (Å²) in [6, 6.07) is 5.32. The van der Waals surface area contributed by atoms with Gasteiger partial charge in [-0.15, -0.1) is 0 Å². The number of hydrogen-bond acceptors (Lipinski definition) is 3. The molecule has 18 heavy (non-hydrogen) atoms. The van der Waals surface area contributed by atoms with Gasteiger partial charge >= 0.3 is 0 Å². The highest BCUT2D eigenvalue weighted by Crippen LogP contribution is 2.29. The van der Waals surface area contributed by atoms with E-state index in [9.17, 15) is 9.59 Å². The van der Waals surface area contributed by atoms with Gasteiger partial charge in [0, 0.05) is 19.3 Å². The van der Waals surface area contributed by atoms with Crippen LogP contribution in [0.3, 0.4) is 0 Å². The van der Waals surface area contributed by atoms with E-state index in [-0.39, 0.29) is 11.8 Å². The lowest BCUT2D eigenvalue weighted by atomic mass is 10.1. The molecule has 1 N–H and O–H groups in total. The van der Waals surface area contributed by atoms with Crippen molar-refractivity contribution in [1.29, 1.82) is 0 Å². The zero-order valence-electron chi connectivity index (χ0n) is 11.0. The van der Waals surface area contributed by atoms with Gasteiger partial charge in [-0.25, -0.2) is 0 Å². The second kappa shape index (κ2) is 4.80. The number of fused-ring (bicyclic) bond motifs is 1. The number of nitrogens with zero attached hydrogens (tertiary/aromatic N) is 1. The summed E-state index contributed by atoms with van der Waals surface area (Å²) in [4.78, 5) is 25.8. The molecule has 0 saturated carbocycles. The summed E-state index contributed by atoms with van der Waals surface area (Å²) in [6.07, 6.45) is 0.834. The van der Waals surface area contributed by atoms with Crippen LogP contribution in [0.25, 0.3) is 0 Å². The van der Waals surface area contributed by atoms with Crippen molar-refractivity contribution in [2.45, 2.75) is 20.3 Å². The number of nitrogens with one attached hydrogen (secondary N) is 1. The first kappa shape index (κ1) is 12.6. The molecule has 1 aliphatic heterocycles. The lowest BCUT2D eigenvalue weighted by molar-refractivity contribution is 0.0648. The summed E-state index contributed by atoms with van der Waals surface area (Å²) in [7, 11) is 1.75. The third-order valence-electron chi connectivity index (χ3n) is 3.20. The third kappa shape index (κ3) is 1.98. The number of hydrogen-bond donors (Lipinski definition) is 1. The monoisotopic (exact) mass is 246 g/mol. The van der Waals surface area contributed by atoms with Crippen molar-refractivity contribution < 1.29 is 9.59 Å². The van der Waals surface area contributed by atoms with Crippen LogP contribution in [0, 0.1) is 5.92 Å². The molecule has 96 valence electrons. The van der Waals surface area contributed by atoms with Gasteiger partial charge in [0.25, 0.3) is 11.8 Å². The van der Waals surface area contributed by atoms with E-state index in [1.54, 1.807) is 19.2 Å². The SMILES string of the molecule is CNc1cccc2c1C(=O)N(CCC(C)C)C2=O. The molecule has 0 fully saturated rings. The van der Waals surface area contributed by atoms with E-state index in [2.05, 4.69) is 19.2 Å². The van der Waals surface area contributed by atoms with Crippen molar-refractivity contribution in [2.75, 3.05) is 18.9 Å². The Morgan fingerprint density at radius 3 is 2.56 bits per heavy atom. The Labute approximate surface area is 107 Å². The molecule has 0 aromatic heterocycles. The summed E-state index contributed by atoms with van der Waals surface area (Å²) in [6.45, 7) is 4.65. The summed E-state index contributed by atoms with van der Waals surface area (Å²) in [5, 5.41) is 2.96. The number of rotatable bonds is 4. The van der Waals surface area contributed by atoms with Crippen LogP contribution in [-0.2, 0) is 0 Å². The first-order valence-electron chi connectivity index (χ1n) is 6.23. The maximum Gasteiger partial charge on any atom is 0.263 e. The van der Waals surface area contributed by atoms with Gasteiger partial charge in [-0.05, 0) is 24.5 Å². The quantitative estimate of drug-likeness (QED) is 0.830. The minimum atomic E-state index is -0.180. The fourth-order valence-corrected chi connectivity index (χ4v) is 2.13. The maximum atomic E-state index is 12.3. The molecule has 4 heteroatoms. The molecule has 0 radical (unpaired) electrons. The molecule has 1 aliphatic rings. The molecule has 1 aromatic carbocycles. The molecular formula is C14H18N2O2. The molecule has 1 heterocycles. The van der Waals surface area contributed by atoms with Crippen molar-refractivity contribution in [1.82, 2.24) is 4.90 Å². The topological polar surface area (TPSA) is 49.4 Å². The molecule has 1 aromatic rings. The van der Waals surface area contributed by atoms with Gasteiger partial charge in [0.15, 0.2) is 0 Å². The highest BCUT2D eigenvalue weighted by atomic mass is 16.2. The number of benzene rings is 1. The fraction of sp³-hybridized carbons (Fsp3) is 0.429. The Kier molecular flexibility index (Phi) is 3.36. The fourth-order valence-electron chi connectivity index (χ4n) is 2.13. The molecule has 0 saturated heterocycles. The van der Waals surface area contributed by atoms with E-state index in [4.69, 9.17) is 0 Å². The maximum absolute atomic E-state index is 12.3. The van der Waals surface area contributed by atoms with Crippen molar-refractivity contribution >= 4 is 17.5 Å². The Morgan fingerprint density at radius 1 is 1.22 bits per heavy atom. The van der Waals surface area contributed by atoms with E-state index in [1.807, 2.05) is 6.07 Å². The predicted molar refractivity (Wildman–Crippen MR) is 70.8 cm³/mol. The van der Waals surface area contributed by atoms with E-state index in [0.717, 1.165) is 12.1 Å². The van der Waals surface area contributed by atoms with Gasteiger partial charge in [0.2, 0.25) is 0 Å². The van der Waals surface area contributed by atoms with Crippen LogP contribution < -0.4 is 5.32 Å². The molecule has 0 aliphatic carbocycles. The summed E-state index contributed by atoms with van der Waals surface area (Å²) < 4.78 is 0. The third-order valence-corrected chi connectivity index (χ3v) is 3.20. The van der Waals surface area contributed by atoms with Gasteiger partial charge < -0.3 is 5.32 Å². The summed E-state index contributed by atoms with van der Waals surface area (Å²) in [5.74, 6) is 0.117. The normalized spacial score (nSPS) is 14.3. The van der Waals surface area contributed by atoms with Crippen LogP contribution in [0.15, 0.2) is 18.2 Å². The zero-order valence-corrected chi connectivity index (χ0v) is 11.0. The molecule has 0 unspecified atom stereocenters. The number of anilines is 1. The van der Waals surface area contributed by atoms with E-state index < -0.39 is 0 Å². The molecule has 4 nitrogen and oxygen atoms in total. The molecular weight excluding hydrogens is 228 g/mol. The molecule has 2 rings (SSSR count). The highest BCUT2D eigenvalue weighted by Gasteiger charge is 2.36. The van der Waals surface area contributed by atoms with Crippen molar-refractivity contribution in [2.24, 2.45) is 5.92 Å². The average Bonchev–Trinajstić information content (AvgIpc) is 2.60. The number of imide groups is 1. The van der Waals surface area contributed by atoms with Crippen LogP contribution >= 0.6 is 0 Å². The number of carbonyl (C=O) groups excluding carboxylic acids is 2. The lowest BCUT2D eigenvalue weighted by Crippen LogP contribution is -2.31. The summed E-state index contributed by atoms with van der Waals surface area (Å²) in [5.41, 5.74) is 1.74. The van der Waals surface area contributed by atoms with Crippen LogP contribution in [0.5, 0.6) is 0 Å². The molecule has 2 amide bonds. The van der Waals surface area contributed by atoms with Crippen LogP contribution in [-0.4, -0.2) is 30.3 Å². The first-order chi connectivity index (χ1) is 8.56. The lowest BCUT2D eigenvalue weighted by Gasteiger charge is -2.15. The van der Waals surface area contributed by atoms with Gasteiger partial charge in [0.05, 0.1) is 11.1 Å². The minimum absolute atomic E-state index is 0.173. The van der Waals surface area contributed by atoms with Crippen molar-refractivity contribution in [3.8, 4) is 0 Å². The van der Waals surface area contributed by atoms with Crippen LogP contribution in [0.4, 0.5) is 5.69 Å². The van der Waals surface area contributed by atoms with Gasteiger partial charge in [0.1, 0.15) is 0 Å². The second-order valence-corrected chi connectivity index (χ2v) is 4.92. The van der Waals surface area contributed by atoms with Crippen LogP contribution in [0.1, 0.15) is 41.0 Å². The van der Waals surface area contributed by atoms with Crippen molar-refractivity contribution in [3.63, 3.8) is 0 Å². The van der Waals surface area contributed by atoms with E-state index in [1.165, 1.54) is 4.90 Å². The molecule has 0 bridgehead atoms. The van der Waals surface area contributed by atoms with Gasteiger partial charge in [-0.1, -0.05) is 19.9 Å². The van der Waals surface area contributed by atoms with E-state index in [0.29, 0.717) is 23.6 Å². The van der Waals surface area contributed by atoms with Crippen molar-refractivity contribution in [3.05, 3.63) is 29.3 Å². The van der Waals surface area contributed by atoms with Crippen LogP contribution in [0.2, 0.25) is 0 Å². The standard InChI is InChI=1S/C14H18N2O2/c1-9(2)7-8-16-13(17)10-5-4-6-11(15-3)12(10)14(16)18/h4-6,9,15H,7-8H2,1-3H3. The largest absolute Gasteiger partial charge is 0.387 e. The van der Waals surface area contributed by atoms with Gasteiger partial charge in [-0.2, -0.15) is 0 Å². The zero-order chi connectivity index (χ0) is 13.3. The second-order valence-electron chi connectivity index (χ2n) is 4.92. The predicted octanol–water partition coefficient (Wildman–Crippen LogP) is 2.37. The number of amides is 2. The first-order valence-corrected chi connectivity index (χ1v) is 6.23. The number of carbonyl (C=O) groups is 2. The highest BCUT2D eigenvalue weighted by molar-refractivity contribution is 6.23. The smallest absolute Gasteiger partial charge is 0.263 e. The Balaban J connectivity index is 2.32. The average molecular weight is 246 g/mol. The minimum Gasteiger partial charge on any atom is -0.387 e. The van der Waals surface area contributed by atoms with Gasteiger partial charge in [-0.3, -0.25) is 14.5 Å². The Morgan fingerprint density at radius 2 is 1.94 bits per heavy atom. The Bertz CT molecular complexity index is 495. The molecule has 0 spiro atoms. The molecule has 0 atom stereocenters. The summed E-state index contributed by atoms with van der Waals surface area (Å²) >= 11 is 0.